The lowest BCUT2D eigenvalue weighted by Crippen LogP contribution is -2.36. The second kappa shape index (κ2) is 8.24. The van der Waals surface area contributed by atoms with Gasteiger partial charge in [-0.25, -0.2) is 13.1 Å². The number of hydrogen-bond acceptors (Lipinski definition) is 4. The summed E-state index contributed by atoms with van der Waals surface area (Å²) in [4.78, 5) is 2.30. The van der Waals surface area contributed by atoms with E-state index in [0.29, 0.717) is 17.9 Å². The number of aliphatic hydroxyl groups is 1. The molecular formula is C17H28N2O3S. The molecule has 1 fully saturated rings. The number of likely N-dealkylation sites (tertiary alicyclic amines) is 1. The molecule has 5 nitrogen and oxygen atoms in total. The summed E-state index contributed by atoms with van der Waals surface area (Å²) in [5.74, 6) is 0. The Morgan fingerprint density at radius 3 is 2.52 bits per heavy atom. The van der Waals surface area contributed by atoms with Crippen LogP contribution in [0.5, 0.6) is 0 Å². The molecular weight excluding hydrogens is 312 g/mol. The van der Waals surface area contributed by atoms with Crippen LogP contribution in [0.2, 0.25) is 0 Å². The van der Waals surface area contributed by atoms with Crippen molar-refractivity contribution in [1.82, 2.24) is 9.62 Å². The molecule has 1 heterocycles. The van der Waals surface area contributed by atoms with Gasteiger partial charge in [0.15, 0.2) is 0 Å². The van der Waals surface area contributed by atoms with E-state index in [1.807, 2.05) is 24.1 Å². The van der Waals surface area contributed by atoms with E-state index in [0.717, 1.165) is 12.8 Å². The third kappa shape index (κ3) is 5.01. The van der Waals surface area contributed by atoms with Gasteiger partial charge in [0.05, 0.1) is 11.5 Å². The number of nitrogens with zero attached hydrogens (tertiary/aromatic N) is 1. The topological polar surface area (TPSA) is 69.6 Å². The number of rotatable bonds is 8. The van der Waals surface area contributed by atoms with E-state index >= 15 is 0 Å². The van der Waals surface area contributed by atoms with Crippen LogP contribution in [0, 0.1) is 0 Å². The predicted molar refractivity (Wildman–Crippen MR) is 91.9 cm³/mol. The van der Waals surface area contributed by atoms with Crippen molar-refractivity contribution in [1.29, 1.82) is 0 Å². The van der Waals surface area contributed by atoms with Crippen molar-refractivity contribution in [2.24, 2.45) is 0 Å². The number of hydrogen-bond donors (Lipinski definition) is 2. The fraction of sp³-hybridized carbons (Fsp3) is 0.647. The Morgan fingerprint density at radius 2 is 1.96 bits per heavy atom. The summed E-state index contributed by atoms with van der Waals surface area (Å²) < 4.78 is 27.7. The third-order valence-corrected chi connectivity index (χ3v) is 6.06. The SMILES string of the molecule is CCCCCc1ccc(S(=O)(=O)N[C@@H]2C[C@@H](CO)N(C)C2)cc1. The Hall–Kier alpha value is -0.950. The maximum absolute atomic E-state index is 12.5. The van der Waals surface area contributed by atoms with E-state index in [9.17, 15) is 13.5 Å². The smallest absolute Gasteiger partial charge is 0.240 e. The molecule has 1 aromatic carbocycles. The minimum Gasteiger partial charge on any atom is -0.395 e. The Morgan fingerprint density at radius 1 is 1.26 bits per heavy atom. The lowest BCUT2D eigenvalue weighted by atomic mass is 10.1. The molecule has 0 aliphatic carbocycles. The highest BCUT2D eigenvalue weighted by Crippen LogP contribution is 2.19. The summed E-state index contributed by atoms with van der Waals surface area (Å²) in [6.07, 6.45) is 5.15. The molecule has 2 atom stereocenters. The van der Waals surface area contributed by atoms with Crippen molar-refractivity contribution in [3.63, 3.8) is 0 Å². The summed E-state index contributed by atoms with van der Waals surface area (Å²) in [6, 6.07) is 7.07. The standard InChI is InChI=1S/C17H28N2O3S/c1-3-4-5-6-14-7-9-17(10-8-14)23(21,22)18-15-11-16(13-20)19(2)12-15/h7-10,15-16,18,20H,3-6,11-13H2,1-2H3/t15-,16+/m1/s1. The fourth-order valence-electron chi connectivity index (χ4n) is 3.08. The van der Waals surface area contributed by atoms with Gasteiger partial charge in [-0.2, -0.15) is 0 Å². The lowest BCUT2D eigenvalue weighted by molar-refractivity contribution is 0.182. The molecule has 2 rings (SSSR count). The summed E-state index contributed by atoms with van der Waals surface area (Å²) in [5, 5.41) is 9.27. The largest absolute Gasteiger partial charge is 0.395 e. The highest BCUT2D eigenvalue weighted by Gasteiger charge is 2.31. The molecule has 1 aliphatic rings. The number of likely N-dealkylation sites (N-methyl/N-ethyl adjacent to an activating group) is 1. The molecule has 6 heteroatoms. The summed E-state index contributed by atoms with van der Waals surface area (Å²) in [6.45, 7) is 2.85. The first-order valence-corrected chi connectivity index (χ1v) is 9.87. The van der Waals surface area contributed by atoms with Crippen molar-refractivity contribution in [2.45, 2.75) is 56.0 Å². The monoisotopic (exact) mass is 340 g/mol. The summed E-state index contributed by atoms with van der Waals surface area (Å²) in [7, 11) is -1.60. The van der Waals surface area contributed by atoms with Crippen molar-refractivity contribution >= 4 is 10.0 Å². The number of sulfonamides is 1. The minimum absolute atomic E-state index is 0.0311. The zero-order valence-electron chi connectivity index (χ0n) is 14.0. The Kier molecular flexibility index (Phi) is 6.59. The van der Waals surface area contributed by atoms with Crippen LogP contribution < -0.4 is 4.72 Å². The van der Waals surface area contributed by atoms with Crippen LogP contribution in [0.25, 0.3) is 0 Å². The summed E-state index contributed by atoms with van der Waals surface area (Å²) in [5.41, 5.74) is 1.18. The molecule has 0 unspecified atom stereocenters. The summed E-state index contributed by atoms with van der Waals surface area (Å²) >= 11 is 0. The maximum atomic E-state index is 12.5. The van der Waals surface area contributed by atoms with E-state index in [4.69, 9.17) is 0 Å². The number of aryl methyl sites for hydroxylation is 1. The Bertz CT molecular complexity index is 586. The van der Waals surface area contributed by atoms with E-state index in [-0.39, 0.29) is 18.7 Å². The van der Waals surface area contributed by atoms with Crippen molar-refractivity contribution in [2.75, 3.05) is 20.2 Å². The number of nitrogens with one attached hydrogen (secondary N) is 1. The van der Waals surface area contributed by atoms with Gasteiger partial charge >= 0.3 is 0 Å². The van der Waals surface area contributed by atoms with Crippen LogP contribution in [0.1, 0.15) is 38.2 Å². The third-order valence-electron chi connectivity index (χ3n) is 4.52. The average molecular weight is 340 g/mol. The number of aliphatic hydroxyl groups excluding tert-OH is 1. The zero-order valence-corrected chi connectivity index (χ0v) is 14.8. The first-order chi connectivity index (χ1) is 11.0. The van der Waals surface area contributed by atoms with Gasteiger partial charge in [-0.15, -0.1) is 0 Å². The van der Waals surface area contributed by atoms with Gasteiger partial charge in [0.2, 0.25) is 10.0 Å². The van der Waals surface area contributed by atoms with Gasteiger partial charge in [-0.1, -0.05) is 31.9 Å². The Labute approximate surface area is 139 Å². The minimum atomic E-state index is -3.50. The second-order valence-corrected chi connectivity index (χ2v) is 8.14. The molecule has 0 bridgehead atoms. The van der Waals surface area contributed by atoms with Crippen molar-refractivity contribution in [3.8, 4) is 0 Å². The van der Waals surface area contributed by atoms with Crippen LogP contribution in [-0.2, 0) is 16.4 Å². The van der Waals surface area contributed by atoms with E-state index in [1.54, 1.807) is 12.1 Å². The molecule has 1 aliphatic heterocycles. The molecule has 0 spiro atoms. The van der Waals surface area contributed by atoms with E-state index < -0.39 is 10.0 Å². The molecule has 0 aromatic heterocycles. The van der Waals surface area contributed by atoms with Crippen LogP contribution in [-0.4, -0.2) is 50.7 Å². The van der Waals surface area contributed by atoms with Crippen LogP contribution >= 0.6 is 0 Å². The van der Waals surface area contributed by atoms with Gasteiger partial charge in [-0.3, -0.25) is 4.90 Å². The van der Waals surface area contributed by atoms with Crippen molar-refractivity contribution < 1.29 is 13.5 Å². The van der Waals surface area contributed by atoms with Gasteiger partial charge in [0.25, 0.3) is 0 Å². The molecule has 130 valence electrons. The van der Waals surface area contributed by atoms with E-state index in [1.165, 1.54) is 18.4 Å². The molecule has 1 saturated heterocycles. The first-order valence-electron chi connectivity index (χ1n) is 8.38. The van der Waals surface area contributed by atoms with E-state index in [2.05, 4.69) is 11.6 Å². The zero-order chi connectivity index (χ0) is 16.9. The second-order valence-electron chi connectivity index (χ2n) is 6.43. The normalized spacial score (nSPS) is 22.6. The highest BCUT2D eigenvalue weighted by atomic mass is 32.2. The number of unbranched alkanes of at least 4 members (excludes halogenated alkanes) is 2. The molecule has 1 aromatic rings. The highest BCUT2D eigenvalue weighted by molar-refractivity contribution is 7.89. The van der Waals surface area contributed by atoms with Gasteiger partial charge in [0.1, 0.15) is 0 Å². The van der Waals surface area contributed by atoms with Gasteiger partial charge < -0.3 is 5.11 Å². The molecule has 0 amide bonds. The average Bonchev–Trinajstić information content (AvgIpc) is 2.87. The maximum Gasteiger partial charge on any atom is 0.240 e. The molecule has 23 heavy (non-hydrogen) atoms. The quantitative estimate of drug-likeness (QED) is 0.708. The first kappa shape index (κ1) is 18.4. The van der Waals surface area contributed by atoms with Crippen LogP contribution in [0.4, 0.5) is 0 Å². The Balaban J connectivity index is 1.97. The van der Waals surface area contributed by atoms with Crippen LogP contribution in [0.3, 0.4) is 0 Å². The van der Waals surface area contributed by atoms with Crippen LogP contribution in [0.15, 0.2) is 29.2 Å². The van der Waals surface area contributed by atoms with Gasteiger partial charge in [-0.05, 0) is 44.0 Å². The molecule has 0 radical (unpaired) electrons. The number of benzene rings is 1. The molecule has 2 N–H and O–H groups in total. The fourth-order valence-corrected chi connectivity index (χ4v) is 4.32. The predicted octanol–water partition coefficient (Wildman–Crippen LogP) is 1.76. The van der Waals surface area contributed by atoms with Gasteiger partial charge in [0, 0.05) is 18.6 Å². The van der Waals surface area contributed by atoms with Crippen molar-refractivity contribution in [3.05, 3.63) is 29.8 Å². The lowest BCUT2D eigenvalue weighted by Gasteiger charge is -2.15. The molecule has 0 saturated carbocycles.